The number of carbonyl (C=O) groups is 2. The Morgan fingerprint density at radius 1 is 1.16 bits per heavy atom. The summed E-state index contributed by atoms with van der Waals surface area (Å²) in [6.45, 7) is 3.52. The third-order valence-corrected chi connectivity index (χ3v) is 5.92. The highest BCUT2D eigenvalue weighted by atomic mass is 35.5. The Bertz CT molecular complexity index is 949. The number of hydrogen-bond acceptors (Lipinski definition) is 5. The molecule has 0 aliphatic carbocycles. The fraction of sp³-hybridized carbons (Fsp3) is 0.391. The van der Waals surface area contributed by atoms with Crippen molar-refractivity contribution >= 4 is 40.7 Å². The van der Waals surface area contributed by atoms with Gasteiger partial charge in [0.2, 0.25) is 5.91 Å². The SMILES string of the molecule is CC(=O)Nc1ccccc1C(=O)NC[C@@H](O)CN1CCC(Oc2ccc(Cl)c(Cl)c2)CC1. The zero-order valence-corrected chi connectivity index (χ0v) is 19.3. The van der Waals surface area contributed by atoms with E-state index in [-0.39, 0.29) is 24.5 Å². The van der Waals surface area contributed by atoms with E-state index in [1.165, 1.54) is 6.92 Å². The van der Waals surface area contributed by atoms with Crippen LogP contribution < -0.4 is 15.4 Å². The molecule has 0 bridgehead atoms. The number of β-amino-alcohol motifs (C(OH)–C–C–N with tert-alkyl or cyclic N) is 1. The van der Waals surface area contributed by atoms with Gasteiger partial charge in [0, 0.05) is 39.2 Å². The number of piperidine rings is 1. The van der Waals surface area contributed by atoms with Crippen LogP contribution in [-0.4, -0.2) is 60.2 Å². The smallest absolute Gasteiger partial charge is 0.253 e. The molecule has 1 heterocycles. The van der Waals surface area contributed by atoms with Crippen LogP contribution in [0.15, 0.2) is 42.5 Å². The Hall–Kier alpha value is -2.32. The van der Waals surface area contributed by atoms with Crippen molar-refractivity contribution in [2.24, 2.45) is 0 Å². The zero-order valence-electron chi connectivity index (χ0n) is 17.8. The summed E-state index contributed by atoms with van der Waals surface area (Å²) in [5.74, 6) is 0.0964. The van der Waals surface area contributed by atoms with Gasteiger partial charge in [0.1, 0.15) is 11.9 Å². The molecular formula is C23H27Cl2N3O4. The van der Waals surface area contributed by atoms with Gasteiger partial charge in [-0.25, -0.2) is 0 Å². The van der Waals surface area contributed by atoms with Gasteiger partial charge in [0.15, 0.2) is 0 Å². The molecule has 0 unspecified atom stereocenters. The number of rotatable bonds is 8. The highest BCUT2D eigenvalue weighted by molar-refractivity contribution is 6.42. The number of carbonyl (C=O) groups excluding carboxylic acids is 2. The second-order valence-corrected chi connectivity index (χ2v) is 8.60. The molecule has 0 aromatic heterocycles. The Morgan fingerprint density at radius 3 is 2.56 bits per heavy atom. The fourth-order valence-electron chi connectivity index (χ4n) is 3.60. The summed E-state index contributed by atoms with van der Waals surface area (Å²) in [6, 6.07) is 12.0. The van der Waals surface area contributed by atoms with Crippen molar-refractivity contribution in [2.75, 3.05) is 31.5 Å². The molecule has 1 saturated heterocycles. The van der Waals surface area contributed by atoms with Crippen molar-refractivity contribution in [3.63, 3.8) is 0 Å². The Morgan fingerprint density at radius 2 is 1.88 bits per heavy atom. The summed E-state index contributed by atoms with van der Waals surface area (Å²) >= 11 is 12.0. The van der Waals surface area contributed by atoms with E-state index in [4.69, 9.17) is 27.9 Å². The molecule has 2 aromatic carbocycles. The van der Waals surface area contributed by atoms with Gasteiger partial charge < -0.3 is 25.4 Å². The largest absolute Gasteiger partial charge is 0.490 e. The number of amides is 2. The molecule has 1 aliphatic heterocycles. The summed E-state index contributed by atoms with van der Waals surface area (Å²) < 4.78 is 5.99. The second-order valence-electron chi connectivity index (χ2n) is 7.78. The van der Waals surface area contributed by atoms with Crippen LogP contribution in [0.4, 0.5) is 5.69 Å². The number of hydrogen-bond donors (Lipinski definition) is 3. The van der Waals surface area contributed by atoms with Gasteiger partial charge >= 0.3 is 0 Å². The Balaban J connectivity index is 1.41. The molecule has 9 heteroatoms. The third-order valence-electron chi connectivity index (χ3n) is 5.18. The lowest BCUT2D eigenvalue weighted by Crippen LogP contribution is -2.45. The lowest BCUT2D eigenvalue weighted by atomic mass is 10.1. The van der Waals surface area contributed by atoms with Crippen molar-refractivity contribution in [2.45, 2.75) is 32.0 Å². The highest BCUT2D eigenvalue weighted by Crippen LogP contribution is 2.28. The first-order valence-corrected chi connectivity index (χ1v) is 11.2. The number of halogens is 2. The molecule has 172 valence electrons. The molecule has 7 nitrogen and oxygen atoms in total. The van der Waals surface area contributed by atoms with E-state index in [0.29, 0.717) is 33.6 Å². The van der Waals surface area contributed by atoms with Crippen LogP contribution in [0.3, 0.4) is 0 Å². The van der Waals surface area contributed by atoms with E-state index >= 15 is 0 Å². The molecule has 0 saturated carbocycles. The first kappa shape index (κ1) is 24.3. The zero-order chi connectivity index (χ0) is 23.1. The van der Waals surface area contributed by atoms with Gasteiger partial charge in [-0.2, -0.15) is 0 Å². The molecule has 0 spiro atoms. The molecule has 3 N–H and O–H groups in total. The number of aliphatic hydroxyl groups is 1. The molecule has 1 aliphatic rings. The van der Waals surface area contributed by atoms with E-state index in [0.717, 1.165) is 25.9 Å². The van der Waals surface area contributed by atoms with Crippen LogP contribution in [0.1, 0.15) is 30.1 Å². The third kappa shape index (κ3) is 7.10. The maximum atomic E-state index is 12.5. The first-order valence-electron chi connectivity index (χ1n) is 10.5. The molecule has 2 aromatic rings. The number of ether oxygens (including phenoxy) is 1. The van der Waals surface area contributed by atoms with E-state index in [1.807, 2.05) is 0 Å². The van der Waals surface area contributed by atoms with Crippen molar-refractivity contribution in [1.82, 2.24) is 10.2 Å². The van der Waals surface area contributed by atoms with Crippen molar-refractivity contribution < 1.29 is 19.4 Å². The standard InChI is InChI=1S/C23H27Cl2N3O4/c1-15(29)27-22-5-3-2-4-19(22)23(31)26-13-16(30)14-28-10-8-17(9-11-28)32-18-6-7-20(24)21(25)12-18/h2-7,12,16-17,30H,8-11,13-14H2,1H3,(H,26,31)(H,27,29)/t16-/m1/s1. The number of nitrogens with one attached hydrogen (secondary N) is 2. The van der Waals surface area contributed by atoms with Crippen LogP contribution >= 0.6 is 23.2 Å². The van der Waals surface area contributed by atoms with E-state index in [1.54, 1.807) is 42.5 Å². The van der Waals surface area contributed by atoms with Crippen molar-refractivity contribution in [1.29, 1.82) is 0 Å². The van der Waals surface area contributed by atoms with Crippen LogP contribution in [0.2, 0.25) is 10.0 Å². The normalized spacial score (nSPS) is 15.8. The van der Waals surface area contributed by atoms with Gasteiger partial charge in [0.05, 0.1) is 27.4 Å². The van der Waals surface area contributed by atoms with Crippen molar-refractivity contribution in [3.8, 4) is 5.75 Å². The van der Waals surface area contributed by atoms with Gasteiger partial charge in [-0.15, -0.1) is 0 Å². The van der Waals surface area contributed by atoms with Crippen LogP contribution in [-0.2, 0) is 4.79 Å². The first-order chi connectivity index (χ1) is 15.3. The average Bonchev–Trinajstić information content (AvgIpc) is 2.76. The molecule has 2 amide bonds. The predicted molar refractivity (Wildman–Crippen MR) is 126 cm³/mol. The predicted octanol–water partition coefficient (Wildman–Crippen LogP) is 3.59. The van der Waals surface area contributed by atoms with Crippen LogP contribution in [0.25, 0.3) is 0 Å². The Labute approximate surface area is 197 Å². The monoisotopic (exact) mass is 479 g/mol. The quantitative estimate of drug-likeness (QED) is 0.538. The molecule has 1 atom stereocenters. The van der Waals surface area contributed by atoms with Gasteiger partial charge in [0.25, 0.3) is 5.91 Å². The Kier molecular flexibility index (Phi) is 8.75. The van der Waals surface area contributed by atoms with Gasteiger partial charge in [-0.3, -0.25) is 9.59 Å². The minimum atomic E-state index is -0.709. The molecule has 32 heavy (non-hydrogen) atoms. The molecular weight excluding hydrogens is 453 g/mol. The summed E-state index contributed by atoms with van der Waals surface area (Å²) in [7, 11) is 0. The van der Waals surface area contributed by atoms with Gasteiger partial charge in [-0.05, 0) is 37.1 Å². The fourth-order valence-corrected chi connectivity index (χ4v) is 3.89. The number of anilines is 1. The van der Waals surface area contributed by atoms with Crippen LogP contribution in [0.5, 0.6) is 5.75 Å². The van der Waals surface area contributed by atoms with E-state index < -0.39 is 6.10 Å². The summed E-state index contributed by atoms with van der Waals surface area (Å²) in [6.07, 6.45) is 1.01. The molecule has 3 rings (SSSR count). The van der Waals surface area contributed by atoms with E-state index in [9.17, 15) is 14.7 Å². The molecule has 0 radical (unpaired) electrons. The lowest BCUT2D eigenvalue weighted by Gasteiger charge is -2.33. The topological polar surface area (TPSA) is 90.9 Å². The highest BCUT2D eigenvalue weighted by Gasteiger charge is 2.23. The average molecular weight is 480 g/mol. The summed E-state index contributed by atoms with van der Waals surface area (Å²) in [5, 5.41) is 16.7. The van der Waals surface area contributed by atoms with Crippen molar-refractivity contribution in [3.05, 3.63) is 58.1 Å². The number of nitrogens with zero attached hydrogens (tertiary/aromatic N) is 1. The van der Waals surface area contributed by atoms with Gasteiger partial charge in [-0.1, -0.05) is 35.3 Å². The number of para-hydroxylation sites is 1. The minimum absolute atomic E-state index is 0.0746. The second kappa shape index (κ2) is 11.5. The summed E-state index contributed by atoms with van der Waals surface area (Å²) in [5.41, 5.74) is 0.797. The minimum Gasteiger partial charge on any atom is -0.490 e. The summed E-state index contributed by atoms with van der Waals surface area (Å²) in [4.78, 5) is 26.0. The maximum absolute atomic E-state index is 12.5. The van der Waals surface area contributed by atoms with E-state index in [2.05, 4.69) is 15.5 Å². The van der Waals surface area contributed by atoms with Crippen LogP contribution in [0, 0.1) is 0 Å². The lowest BCUT2D eigenvalue weighted by molar-refractivity contribution is -0.114. The number of aliphatic hydroxyl groups excluding tert-OH is 1. The number of likely N-dealkylation sites (tertiary alicyclic amines) is 1. The number of benzene rings is 2. The maximum Gasteiger partial charge on any atom is 0.253 e. The molecule has 1 fully saturated rings.